The Morgan fingerprint density at radius 2 is 1.90 bits per heavy atom. The van der Waals surface area contributed by atoms with Gasteiger partial charge in [-0.2, -0.15) is 0 Å². The van der Waals surface area contributed by atoms with Crippen molar-refractivity contribution in [2.75, 3.05) is 0 Å². The van der Waals surface area contributed by atoms with E-state index in [0.717, 1.165) is 6.42 Å². The zero-order valence-corrected chi connectivity index (χ0v) is 12.5. The molecule has 0 saturated heterocycles. The number of fused-ring (bicyclic) bond motifs is 1. The Labute approximate surface area is 120 Å². The van der Waals surface area contributed by atoms with E-state index in [1.807, 2.05) is 12.1 Å². The van der Waals surface area contributed by atoms with Crippen molar-refractivity contribution in [2.45, 2.75) is 50.0 Å². The largest absolute Gasteiger partial charge is 0.264 e. The first-order valence-corrected chi connectivity index (χ1v) is 8.76. The number of hydrogen-bond acceptors (Lipinski definition) is 3. The number of nitrogens with one attached hydrogen (secondary N) is 1. The summed E-state index contributed by atoms with van der Waals surface area (Å²) in [6.45, 7) is 2.22. The molecular formula is C15H20N2O2S. The molecule has 1 fully saturated rings. The van der Waals surface area contributed by atoms with Crippen LogP contribution in [0.1, 0.15) is 44.6 Å². The highest BCUT2D eigenvalue weighted by molar-refractivity contribution is 7.90. The Bertz CT molecular complexity index is 637. The van der Waals surface area contributed by atoms with Gasteiger partial charge in [-0.15, -0.1) is 0 Å². The quantitative estimate of drug-likeness (QED) is 0.809. The summed E-state index contributed by atoms with van der Waals surface area (Å²) in [6.07, 6.45) is 5.92. The summed E-state index contributed by atoms with van der Waals surface area (Å²) in [4.78, 5) is 5.09. The number of aliphatic imine (C=N–C) groups is 1. The van der Waals surface area contributed by atoms with Crippen LogP contribution in [0.4, 0.5) is 0 Å². The molecule has 0 spiro atoms. The van der Waals surface area contributed by atoms with Gasteiger partial charge in [0.1, 0.15) is 5.84 Å². The molecule has 1 N–H and O–H groups in total. The molecule has 1 saturated carbocycles. The van der Waals surface area contributed by atoms with Crippen molar-refractivity contribution < 1.29 is 8.42 Å². The third-order valence-electron chi connectivity index (χ3n) is 4.27. The number of benzene rings is 1. The fourth-order valence-electron chi connectivity index (χ4n) is 3.06. The average molecular weight is 292 g/mol. The summed E-state index contributed by atoms with van der Waals surface area (Å²) in [5.41, 5.74) is 0.712. The van der Waals surface area contributed by atoms with Crippen molar-refractivity contribution in [3.05, 3.63) is 29.8 Å². The summed E-state index contributed by atoms with van der Waals surface area (Å²) >= 11 is 0. The van der Waals surface area contributed by atoms with Gasteiger partial charge in [0.15, 0.2) is 0 Å². The van der Waals surface area contributed by atoms with Gasteiger partial charge in [0.25, 0.3) is 10.0 Å². The molecule has 0 radical (unpaired) electrons. The smallest absolute Gasteiger partial charge is 0.263 e. The Morgan fingerprint density at radius 3 is 2.75 bits per heavy atom. The van der Waals surface area contributed by atoms with E-state index in [9.17, 15) is 8.42 Å². The van der Waals surface area contributed by atoms with Gasteiger partial charge in [0.05, 0.1) is 10.9 Å². The third-order valence-corrected chi connectivity index (χ3v) is 5.67. The molecule has 0 amide bonds. The highest BCUT2D eigenvalue weighted by atomic mass is 32.2. The van der Waals surface area contributed by atoms with Crippen LogP contribution in [0, 0.1) is 5.92 Å². The minimum Gasteiger partial charge on any atom is -0.264 e. The highest BCUT2D eigenvalue weighted by Gasteiger charge is 2.31. The van der Waals surface area contributed by atoms with Crippen LogP contribution in [0.15, 0.2) is 34.2 Å². The first-order chi connectivity index (χ1) is 9.58. The van der Waals surface area contributed by atoms with Crippen LogP contribution in [-0.4, -0.2) is 20.3 Å². The predicted octanol–water partition coefficient (Wildman–Crippen LogP) is 2.69. The molecule has 0 aromatic heterocycles. The number of hydrogen-bond donors (Lipinski definition) is 1. The fraction of sp³-hybridized carbons (Fsp3) is 0.533. The van der Waals surface area contributed by atoms with Crippen molar-refractivity contribution in [3.63, 3.8) is 0 Å². The van der Waals surface area contributed by atoms with Crippen LogP contribution < -0.4 is 4.72 Å². The number of nitrogens with zero attached hydrogens (tertiary/aromatic N) is 1. The van der Waals surface area contributed by atoms with E-state index in [0.29, 0.717) is 22.2 Å². The lowest BCUT2D eigenvalue weighted by Crippen LogP contribution is -2.26. The topological polar surface area (TPSA) is 58.5 Å². The molecule has 5 heteroatoms. The van der Waals surface area contributed by atoms with Gasteiger partial charge < -0.3 is 0 Å². The molecule has 4 nitrogen and oxygen atoms in total. The summed E-state index contributed by atoms with van der Waals surface area (Å²) in [7, 11) is -3.41. The molecule has 3 rings (SSSR count). The first kappa shape index (κ1) is 13.6. The molecule has 1 heterocycles. The van der Waals surface area contributed by atoms with E-state index in [1.165, 1.54) is 25.7 Å². The van der Waals surface area contributed by atoms with Crippen molar-refractivity contribution in [1.29, 1.82) is 0 Å². The Morgan fingerprint density at radius 1 is 1.15 bits per heavy atom. The van der Waals surface area contributed by atoms with E-state index >= 15 is 0 Å². The lowest BCUT2D eigenvalue weighted by Gasteiger charge is -2.17. The molecule has 2 atom stereocenters. The maximum absolute atomic E-state index is 12.1. The van der Waals surface area contributed by atoms with Crippen molar-refractivity contribution >= 4 is 15.9 Å². The molecule has 108 valence electrons. The van der Waals surface area contributed by atoms with Gasteiger partial charge in [0, 0.05) is 5.56 Å². The summed E-state index contributed by atoms with van der Waals surface area (Å²) in [6, 6.07) is 7.29. The molecule has 1 aliphatic carbocycles. The molecular weight excluding hydrogens is 272 g/mol. The van der Waals surface area contributed by atoms with Crippen LogP contribution >= 0.6 is 0 Å². The molecule has 20 heavy (non-hydrogen) atoms. The zero-order chi connectivity index (χ0) is 14.2. The average Bonchev–Trinajstić information content (AvgIpc) is 2.56. The number of rotatable bonds is 1. The summed E-state index contributed by atoms with van der Waals surface area (Å²) in [5, 5.41) is 0. The zero-order valence-electron chi connectivity index (χ0n) is 11.7. The van der Waals surface area contributed by atoms with Crippen LogP contribution in [0.5, 0.6) is 0 Å². The van der Waals surface area contributed by atoms with Gasteiger partial charge >= 0.3 is 0 Å². The van der Waals surface area contributed by atoms with Crippen LogP contribution in [0.3, 0.4) is 0 Å². The molecule has 1 aromatic rings. The Hall–Kier alpha value is -1.36. The van der Waals surface area contributed by atoms with E-state index in [4.69, 9.17) is 4.99 Å². The molecule has 2 aliphatic rings. The second kappa shape index (κ2) is 5.20. The monoisotopic (exact) mass is 292 g/mol. The van der Waals surface area contributed by atoms with E-state index in [1.54, 1.807) is 12.1 Å². The van der Waals surface area contributed by atoms with Gasteiger partial charge in [-0.25, -0.2) is 8.42 Å². The molecule has 1 aromatic carbocycles. The Kier molecular flexibility index (Phi) is 3.54. The highest BCUT2D eigenvalue weighted by Crippen LogP contribution is 2.28. The molecule has 0 bridgehead atoms. The molecule has 2 unspecified atom stereocenters. The maximum Gasteiger partial charge on any atom is 0.263 e. The predicted molar refractivity (Wildman–Crippen MR) is 79.3 cm³/mol. The van der Waals surface area contributed by atoms with Gasteiger partial charge in [-0.05, 0) is 30.9 Å². The first-order valence-electron chi connectivity index (χ1n) is 7.28. The SMILES string of the molecule is CC1CCCCCC1N=C1NS(=O)(=O)c2ccccc21. The van der Waals surface area contributed by atoms with Crippen LogP contribution in [0.2, 0.25) is 0 Å². The minimum absolute atomic E-state index is 0.223. The fourth-order valence-corrected chi connectivity index (χ4v) is 4.30. The van der Waals surface area contributed by atoms with Crippen molar-refractivity contribution in [2.24, 2.45) is 10.9 Å². The van der Waals surface area contributed by atoms with Crippen LogP contribution in [-0.2, 0) is 10.0 Å². The normalized spacial score (nSPS) is 30.6. The lowest BCUT2D eigenvalue weighted by molar-refractivity contribution is 0.434. The number of sulfonamides is 1. The number of amidine groups is 1. The van der Waals surface area contributed by atoms with Gasteiger partial charge in [0.2, 0.25) is 0 Å². The minimum atomic E-state index is -3.41. The summed E-state index contributed by atoms with van der Waals surface area (Å²) in [5.74, 6) is 1.04. The second-order valence-corrected chi connectivity index (χ2v) is 7.41. The Balaban J connectivity index is 1.97. The maximum atomic E-state index is 12.1. The van der Waals surface area contributed by atoms with Crippen molar-refractivity contribution in [1.82, 2.24) is 4.72 Å². The van der Waals surface area contributed by atoms with Crippen molar-refractivity contribution in [3.8, 4) is 0 Å². The van der Waals surface area contributed by atoms with E-state index in [2.05, 4.69) is 11.6 Å². The third kappa shape index (κ3) is 2.46. The van der Waals surface area contributed by atoms with Gasteiger partial charge in [-0.3, -0.25) is 9.71 Å². The van der Waals surface area contributed by atoms with E-state index in [-0.39, 0.29) is 6.04 Å². The van der Waals surface area contributed by atoms with Gasteiger partial charge in [-0.1, -0.05) is 38.3 Å². The van der Waals surface area contributed by atoms with Crippen LogP contribution in [0.25, 0.3) is 0 Å². The lowest BCUT2D eigenvalue weighted by atomic mass is 9.97. The van der Waals surface area contributed by atoms with E-state index < -0.39 is 10.0 Å². The summed E-state index contributed by atoms with van der Waals surface area (Å²) < 4.78 is 26.7. The molecule has 1 aliphatic heterocycles. The standard InChI is InChI=1S/C15H20N2O2S/c1-11-7-3-2-4-9-13(11)16-15-12-8-5-6-10-14(12)20(18,19)17-15/h5-6,8,10-11,13H,2-4,7,9H2,1H3,(H,16,17). The second-order valence-electron chi connectivity index (χ2n) is 5.76.